The van der Waals surface area contributed by atoms with Crippen LogP contribution in [0.1, 0.15) is 5.56 Å². The molecule has 0 unspecified atom stereocenters. The molecular weight excluding hydrogens is 356 g/mol. The molecule has 1 fully saturated rings. The van der Waals surface area contributed by atoms with Crippen LogP contribution in [0.25, 0.3) is 0 Å². The van der Waals surface area contributed by atoms with Gasteiger partial charge in [-0.1, -0.05) is 6.07 Å². The Hall–Kier alpha value is -0.510. The third-order valence-corrected chi connectivity index (χ3v) is 5.77. The van der Waals surface area contributed by atoms with E-state index in [0.717, 1.165) is 18.7 Å². The van der Waals surface area contributed by atoms with Crippen LogP contribution >= 0.6 is 15.9 Å². The second-order valence-electron chi connectivity index (χ2n) is 5.18. The summed E-state index contributed by atoms with van der Waals surface area (Å²) >= 11 is 3.35. The maximum Gasteiger partial charge on any atom is 0.254 e. The van der Waals surface area contributed by atoms with Gasteiger partial charge in [-0.15, -0.1) is 4.83 Å². The van der Waals surface area contributed by atoms with Crippen LogP contribution in [-0.2, 0) is 16.6 Å². The zero-order chi connectivity index (χ0) is 15.5. The SMILES string of the molecule is CNCc1ccc(S(=O)(=O)NN2CCN(C)CC2)c(Br)c1. The Balaban J connectivity index is 2.12. The molecule has 21 heavy (non-hydrogen) atoms. The molecule has 0 spiro atoms. The average molecular weight is 377 g/mol. The minimum absolute atomic E-state index is 0.265. The zero-order valence-corrected chi connectivity index (χ0v) is 14.7. The standard InChI is InChI=1S/C13H21BrN4O2S/c1-15-10-11-3-4-13(12(14)9-11)21(19,20)16-18-7-5-17(2)6-8-18/h3-4,9,15-16H,5-8,10H2,1-2H3. The van der Waals surface area contributed by atoms with Gasteiger partial charge in [0.2, 0.25) is 0 Å². The first-order chi connectivity index (χ1) is 9.92. The zero-order valence-electron chi connectivity index (χ0n) is 12.3. The summed E-state index contributed by atoms with van der Waals surface area (Å²) in [6.45, 7) is 3.77. The fourth-order valence-corrected chi connectivity index (χ4v) is 4.44. The Labute approximate surface area is 134 Å². The lowest BCUT2D eigenvalue weighted by Gasteiger charge is -2.32. The number of likely N-dealkylation sites (N-methyl/N-ethyl adjacent to an activating group) is 1. The van der Waals surface area contributed by atoms with Gasteiger partial charge in [0.25, 0.3) is 10.0 Å². The van der Waals surface area contributed by atoms with E-state index < -0.39 is 10.0 Å². The maximum absolute atomic E-state index is 12.5. The summed E-state index contributed by atoms with van der Waals surface area (Å²) in [6, 6.07) is 5.28. The third kappa shape index (κ3) is 4.48. The second kappa shape index (κ2) is 7.17. The fourth-order valence-electron chi connectivity index (χ4n) is 2.19. The van der Waals surface area contributed by atoms with Crippen molar-refractivity contribution in [2.24, 2.45) is 0 Å². The molecule has 1 aliphatic rings. The van der Waals surface area contributed by atoms with Crippen LogP contribution in [0, 0.1) is 0 Å². The lowest BCUT2D eigenvalue weighted by Crippen LogP contribution is -2.52. The van der Waals surface area contributed by atoms with Gasteiger partial charge in [-0.05, 0) is 47.7 Å². The van der Waals surface area contributed by atoms with Crippen LogP contribution in [0.5, 0.6) is 0 Å². The molecule has 0 bridgehead atoms. The molecule has 0 radical (unpaired) electrons. The van der Waals surface area contributed by atoms with Crippen LogP contribution < -0.4 is 10.1 Å². The third-order valence-electron chi connectivity index (χ3n) is 3.42. The van der Waals surface area contributed by atoms with E-state index in [-0.39, 0.29) is 4.90 Å². The molecule has 0 aromatic heterocycles. The smallest absolute Gasteiger partial charge is 0.254 e. The molecular formula is C13H21BrN4O2S. The van der Waals surface area contributed by atoms with Crippen molar-refractivity contribution in [3.8, 4) is 0 Å². The van der Waals surface area contributed by atoms with Crippen LogP contribution in [0.15, 0.2) is 27.6 Å². The predicted molar refractivity (Wildman–Crippen MR) is 86.3 cm³/mol. The summed E-state index contributed by atoms with van der Waals surface area (Å²) in [5, 5.41) is 4.79. The maximum atomic E-state index is 12.5. The van der Waals surface area contributed by atoms with E-state index in [9.17, 15) is 8.42 Å². The first kappa shape index (κ1) is 16.9. The lowest BCUT2D eigenvalue weighted by atomic mass is 10.2. The first-order valence-corrected chi connectivity index (χ1v) is 9.09. The summed E-state index contributed by atoms with van der Waals surface area (Å²) in [5.74, 6) is 0. The normalized spacial score (nSPS) is 18.0. The number of benzene rings is 1. The first-order valence-electron chi connectivity index (χ1n) is 6.81. The molecule has 2 N–H and O–H groups in total. The summed E-state index contributed by atoms with van der Waals surface area (Å²) in [6.07, 6.45) is 0. The minimum Gasteiger partial charge on any atom is -0.316 e. The summed E-state index contributed by atoms with van der Waals surface area (Å²) in [5.41, 5.74) is 1.03. The van der Waals surface area contributed by atoms with Crippen molar-refractivity contribution in [1.29, 1.82) is 0 Å². The highest BCUT2D eigenvalue weighted by molar-refractivity contribution is 9.10. The highest BCUT2D eigenvalue weighted by Crippen LogP contribution is 2.23. The van der Waals surface area contributed by atoms with Crippen LogP contribution in [0.2, 0.25) is 0 Å². The molecule has 1 heterocycles. The molecule has 0 amide bonds. The van der Waals surface area contributed by atoms with E-state index in [1.165, 1.54) is 0 Å². The number of nitrogens with one attached hydrogen (secondary N) is 2. The van der Waals surface area contributed by atoms with Crippen molar-refractivity contribution >= 4 is 26.0 Å². The van der Waals surface area contributed by atoms with Crippen LogP contribution in [0.3, 0.4) is 0 Å². The van der Waals surface area contributed by atoms with Gasteiger partial charge in [0.15, 0.2) is 0 Å². The number of nitrogens with zero attached hydrogens (tertiary/aromatic N) is 2. The Bertz CT molecular complexity index is 586. The van der Waals surface area contributed by atoms with Gasteiger partial charge in [0.05, 0.1) is 4.90 Å². The average Bonchev–Trinajstić information content (AvgIpc) is 2.41. The molecule has 118 valence electrons. The molecule has 6 nitrogen and oxygen atoms in total. The molecule has 0 saturated carbocycles. The lowest BCUT2D eigenvalue weighted by molar-refractivity contribution is 0.135. The van der Waals surface area contributed by atoms with Gasteiger partial charge in [-0.2, -0.15) is 0 Å². The quantitative estimate of drug-likeness (QED) is 0.787. The number of rotatable bonds is 5. The van der Waals surface area contributed by atoms with E-state index in [1.807, 2.05) is 26.2 Å². The molecule has 1 saturated heterocycles. The van der Waals surface area contributed by atoms with Crippen molar-refractivity contribution < 1.29 is 8.42 Å². The van der Waals surface area contributed by atoms with Gasteiger partial charge in [0, 0.05) is 37.2 Å². The Morgan fingerprint density at radius 3 is 2.48 bits per heavy atom. The van der Waals surface area contributed by atoms with Gasteiger partial charge in [0.1, 0.15) is 0 Å². The van der Waals surface area contributed by atoms with E-state index in [1.54, 1.807) is 11.1 Å². The van der Waals surface area contributed by atoms with E-state index in [2.05, 4.69) is 31.0 Å². The number of hydrogen-bond acceptors (Lipinski definition) is 5. The number of hydrazine groups is 1. The number of hydrogen-bond donors (Lipinski definition) is 2. The fraction of sp³-hybridized carbons (Fsp3) is 0.538. The van der Waals surface area contributed by atoms with Gasteiger partial charge in [-0.25, -0.2) is 13.4 Å². The Morgan fingerprint density at radius 1 is 1.24 bits per heavy atom. The Morgan fingerprint density at radius 2 is 1.90 bits per heavy atom. The van der Waals surface area contributed by atoms with Crippen molar-refractivity contribution in [3.63, 3.8) is 0 Å². The molecule has 1 aliphatic heterocycles. The molecule has 0 atom stereocenters. The Kier molecular flexibility index (Phi) is 5.75. The van der Waals surface area contributed by atoms with E-state index >= 15 is 0 Å². The van der Waals surface area contributed by atoms with Gasteiger partial charge < -0.3 is 10.2 Å². The van der Waals surface area contributed by atoms with Gasteiger partial charge in [-0.3, -0.25) is 0 Å². The number of piperazine rings is 1. The van der Waals surface area contributed by atoms with Crippen molar-refractivity contribution in [3.05, 3.63) is 28.2 Å². The summed E-state index contributed by atoms with van der Waals surface area (Å²) in [4.78, 5) is 5.10. The molecule has 1 aromatic rings. The van der Waals surface area contributed by atoms with Crippen molar-refractivity contribution in [2.75, 3.05) is 40.3 Å². The predicted octanol–water partition coefficient (Wildman–Crippen LogP) is 0.609. The van der Waals surface area contributed by atoms with E-state index in [4.69, 9.17) is 0 Å². The van der Waals surface area contributed by atoms with Crippen LogP contribution in [0.4, 0.5) is 0 Å². The summed E-state index contributed by atoms with van der Waals surface area (Å²) in [7, 11) is 0.336. The minimum atomic E-state index is -3.55. The molecule has 1 aromatic carbocycles. The van der Waals surface area contributed by atoms with Crippen LogP contribution in [-0.4, -0.2) is 58.6 Å². The van der Waals surface area contributed by atoms with Crippen molar-refractivity contribution in [1.82, 2.24) is 20.1 Å². The molecule has 0 aliphatic carbocycles. The molecule has 8 heteroatoms. The summed E-state index contributed by atoms with van der Waals surface area (Å²) < 4.78 is 25.5. The topological polar surface area (TPSA) is 64.7 Å². The molecule has 2 rings (SSSR count). The largest absolute Gasteiger partial charge is 0.316 e. The second-order valence-corrected chi connectivity index (χ2v) is 7.66. The highest BCUT2D eigenvalue weighted by Gasteiger charge is 2.23. The number of halogens is 1. The number of sulfonamides is 1. The van der Waals surface area contributed by atoms with Gasteiger partial charge >= 0.3 is 0 Å². The van der Waals surface area contributed by atoms with Crippen molar-refractivity contribution in [2.45, 2.75) is 11.4 Å². The monoisotopic (exact) mass is 376 g/mol. The highest BCUT2D eigenvalue weighted by atomic mass is 79.9. The van der Waals surface area contributed by atoms with E-state index in [0.29, 0.717) is 24.1 Å².